The number of primary amides is 2. The normalized spacial score (nSPS) is 18.3. The molecule has 0 saturated carbocycles. The van der Waals surface area contributed by atoms with E-state index in [9.17, 15) is 19.5 Å². The number of carbonyl (C=O) groups is 3. The summed E-state index contributed by atoms with van der Waals surface area (Å²) in [5.41, 5.74) is 12.2. The van der Waals surface area contributed by atoms with Crippen LogP contribution in [0, 0.1) is 11.3 Å². The average molecular weight is 535 g/mol. The molecule has 2 aromatic rings. The summed E-state index contributed by atoms with van der Waals surface area (Å²) in [5.74, 6) is -1.99. The fourth-order valence-electron chi connectivity index (χ4n) is 4.96. The van der Waals surface area contributed by atoms with Gasteiger partial charge in [-0.15, -0.1) is 0 Å². The van der Waals surface area contributed by atoms with Gasteiger partial charge in [0.2, 0.25) is 17.7 Å². The van der Waals surface area contributed by atoms with Gasteiger partial charge in [0.15, 0.2) is 0 Å². The van der Waals surface area contributed by atoms with E-state index in [-0.39, 0.29) is 30.5 Å². The molecule has 1 unspecified atom stereocenters. The Kier molecular flexibility index (Phi) is 10.4. The molecule has 0 bridgehead atoms. The van der Waals surface area contributed by atoms with E-state index >= 15 is 0 Å². The summed E-state index contributed by atoms with van der Waals surface area (Å²) in [5, 5.41) is 17.6. The first-order valence-corrected chi connectivity index (χ1v) is 13.1. The van der Waals surface area contributed by atoms with Crippen molar-refractivity contribution in [3.8, 4) is 5.75 Å². The molecular formula is C30H38N4O5. The molecule has 0 aromatic heterocycles. The molecule has 208 valence electrons. The second kappa shape index (κ2) is 13.7. The van der Waals surface area contributed by atoms with Gasteiger partial charge in [-0.25, -0.2) is 0 Å². The number of rotatable bonds is 14. The van der Waals surface area contributed by atoms with Crippen molar-refractivity contribution in [2.24, 2.45) is 22.8 Å². The number of carbonyl (C=O) groups excluding carboxylic acids is 3. The summed E-state index contributed by atoms with van der Waals surface area (Å²) in [6.45, 7) is 2.93. The zero-order valence-electron chi connectivity index (χ0n) is 22.5. The van der Waals surface area contributed by atoms with Crippen molar-refractivity contribution >= 4 is 17.7 Å². The number of ether oxygens (including phenoxy) is 1. The maximum atomic E-state index is 13.2. The molecule has 0 radical (unpaired) electrons. The van der Waals surface area contributed by atoms with E-state index in [1.54, 1.807) is 7.11 Å². The molecule has 9 nitrogen and oxygen atoms in total. The highest BCUT2D eigenvalue weighted by Gasteiger charge is 2.49. The third-order valence-electron chi connectivity index (χ3n) is 7.04. The summed E-state index contributed by atoms with van der Waals surface area (Å²) in [6.07, 6.45) is 2.70. The number of nitrogens with two attached hydrogens (primary N) is 2. The van der Waals surface area contributed by atoms with Crippen LogP contribution in [0.2, 0.25) is 0 Å². The fourth-order valence-corrected chi connectivity index (χ4v) is 4.96. The minimum atomic E-state index is -1.54. The predicted molar refractivity (Wildman–Crippen MR) is 149 cm³/mol. The van der Waals surface area contributed by atoms with Crippen LogP contribution in [0.5, 0.6) is 5.75 Å². The van der Waals surface area contributed by atoms with Gasteiger partial charge in [-0.3, -0.25) is 14.4 Å². The Morgan fingerprint density at radius 1 is 1.08 bits per heavy atom. The SMILES string of the molecule is CCCNC(=O)C1=CC(C(N)=O)=CC(C(N)=O)([C@H](Cc2ccccc2)[C@@H](O)CNCc2cccc(OC)c2)C1. The lowest BCUT2D eigenvalue weighted by atomic mass is 9.63. The lowest BCUT2D eigenvalue weighted by molar-refractivity contribution is -0.131. The Balaban J connectivity index is 1.96. The summed E-state index contributed by atoms with van der Waals surface area (Å²) in [6, 6.07) is 16.9. The molecule has 7 N–H and O–H groups in total. The molecule has 3 atom stereocenters. The van der Waals surface area contributed by atoms with Gasteiger partial charge < -0.3 is 31.9 Å². The van der Waals surface area contributed by atoms with Crippen molar-refractivity contribution < 1.29 is 24.2 Å². The second-order valence-corrected chi connectivity index (χ2v) is 9.82. The maximum Gasteiger partial charge on any atom is 0.248 e. The third kappa shape index (κ3) is 7.55. The first kappa shape index (κ1) is 29.6. The molecular weight excluding hydrogens is 496 g/mol. The zero-order chi connectivity index (χ0) is 28.4. The molecule has 0 fully saturated rings. The fraction of sp³-hybridized carbons (Fsp3) is 0.367. The van der Waals surface area contributed by atoms with Crippen LogP contribution in [0.15, 0.2) is 77.9 Å². The van der Waals surface area contributed by atoms with Crippen molar-refractivity contribution in [3.05, 3.63) is 89.0 Å². The van der Waals surface area contributed by atoms with Crippen molar-refractivity contribution in [2.75, 3.05) is 20.2 Å². The Morgan fingerprint density at radius 2 is 1.79 bits per heavy atom. The van der Waals surface area contributed by atoms with Gasteiger partial charge in [-0.05, 0) is 48.6 Å². The molecule has 9 heteroatoms. The Labute approximate surface area is 229 Å². The van der Waals surface area contributed by atoms with Crippen molar-refractivity contribution in [3.63, 3.8) is 0 Å². The van der Waals surface area contributed by atoms with Gasteiger partial charge in [0.05, 0.1) is 18.6 Å². The van der Waals surface area contributed by atoms with Gasteiger partial charge in [0, 0.05) is 36.7 Å². The van der Waals surface area contributed by atoms with Crippen LogP contribution in [-0.2, 0) is 27.3 Å². The summed E-state index contributed by atoms with van der Waals surface area (Å²) >= 11 is 0. The summed E-state index contributed by atoms with van der Waals surface area (Å²) in [4.78, 5) is 38.5. The lowest BCUT2D eigenvalue weighted by Gasteiger charge is -2.41. The molecule has 3 rings (SSSR count). The first-order chi connectivity index (χ1) is 18.7. The van der Waals surface area contributed by atoms with E-state index < -0.39 is 35.2 Å². The lowest BCUT2D eigenvalue weighted by Crippen LogP contribution is -2.52. The van der Waals surface area contributed by atoms with Crippen LogP contribution in [0.25, 0.3) is 0 Å². The molecule has 0 aliphatic heterocycles. The maximum absolute atomic E-state index is 13.2. The van der Waals surface area contributed by atoms with E-state index in [2.05, 4.69) is 10.6 Å². The van der Waals surface area contributed by atoms with Crippen molar-refractivity contribution in [2.45, 2.75) is 38.8 Å². The van der Waals surface area contributed by atoms with Gasteiger partial charge in [0.1, 0.15) is 5.75 Å². The number of aliphatic hydroxyl groups excluding tert-OH is 1. The number of amides is 3. The van der Waals surface area contributed by atoms with Crippen LogP contribution in [-0.4, -0.2) is 49.1 Å². The van der Waals surface area contributed by atoms with Crippen molar-refractivity contribution in [1.82, 2.24) is 10.6 Å². The number of nitrogens with one attached hydrogen (secondary N) is 2. The Bertz CT molecular complexity index is 1230. The van der Waals surface area contributed by atoms with Crippen LogP contribution < -0.4 is 26.8 Å². The molecule has 0 saturated heterocycles. The minimum Gasteiger partial charge on any atom is -0.497 e. The molecule has 0 heterocycles. The molecule has 0 spiro atoms. The summed E-state index contributed by atoms with van der Waals surface area (Å²) < 4.78 is 5.28. The van der Waals surface area contributed by atoms with Gasteiger partial charge in [-0.2, -0.15) is 0 Å². The molecule has 2 aromatic carbocycles. The highest BCUT2D eigenvalue weighted by atomic mass is 16.5. The minimum absolute atomic E-state index is 0.0105. The number of aliphatic hydroxyl groups is 1. The highest BCUT2D eigenvalue weighted by Crippen LogP contribution is 2.44. The molecule has 1 aliphatic carbocycles. The number of benzene rings is 2. The third-order valence-corrected chi connectivity index (χ3v) is 7.04. The summed E-state index contributed by atoms with van der Waals surface area (Å²) in [7, 11) is 1.59. The quantitative estimate of drug-likeness (QED) is 0.249. The largest absolute Gasteiger partial charge is 0.497 e. The standard InChI is InChI=1S/C30H38N4O5/c1-3-12-34-28(37)23-15-22(27(31)36)16-30(17-23,29(32)38)25(14-20-8-5-4-6-9-20)26(35)19-33-18-21-10-7-11-24(13-21)39-2/h4-11,13,15-16,25-26,33,35H,3,12,14,17-19H2,1-2H3,(H2,31,36)(H2,32,38)(H,34,37)/t25-,26+,30?/m1/s1. The molecule has 1 aliphatic rings. The number of methoxy groups -OCH3 is 1. The predicted octanol–water partition coefficient (Wildman–Crippen LogP) is 1.74. The van der Waals surface area contributed by atoms with Crippen molar-refractivity contribution in [1.29, 1.82) is 0 Å². The van der Waals surface area contributed by atoms with Crippen LogP contribution in [0.1, 0.15) is 30.9 Å². The van der Waals surface area contributed by atoms with E-state index in [1.807, 2.05) is 61.5 Å². The monoisotopic (exact) mass is 534 g/mol. The van der Waals surface area contributed by atoms with Gasteiger partial charge >= 0.3 is 0 Å². The molecule has 39 heavy (non-hydrogen) atoms. The van der Waals surface area contributed by atoms with Crippen LogP contribution in [0.4, 0.5) is 0 Å². The Morgan fingerprint density at radius 3 is 2.44 bits per heavy atom. The smallest absolute Gasteiger partial charge is 0.248 e. The van der Waals surface area contributed by atoms with Crippen LogP contribution in [0.3, 0.4) is 0 Å². The number of hydrogen-bond donors (Lipinski definition) is 5. The van der Waals surface area contributed by atoms with Gasteiger partial charge in [0.25, 0.3) is 0 Å². The first-order valence-electron chi connectivity index (χ1n) is 13.1. The second-order valence-electron chi connectivity index (χ2n) is 9.82. The van der Waals surface area contributed by atoms with Gasteiger partial charge in [-0.1, -0.05) is 55.5 Å². The van der Waals surface area contributed by atoms with Crippen LogP contribution >= 0.6 is 0 Å². The average Bonchev–Trinajstić information content (AvgIpc) is 2.94. The van der Waals surface area contributed by atoms with E-state index in [4.69, 9.17) is 16.2 Å². The van der Waals surface area contributed by atoms with E-state index in [0.717, 1.165) is 16.9 Å². The highest BCUT2D eigenvalue weighted by molar-refractivity contribution is 6.03. The number of hydrogen-bond acceptors (Lipinski definition) is 6. The van der Waals surface area contributed by atoms with E-state index in [1.165, 1.54) is 12.2 Å². The molecule has 3 amide bonds. The Hall–Kier alpha value is -3.95. The topological polar surface area (TPSA) is 157 Å². The van der Waals surface area contributed by atoms with E-state index in [0.29, 0.717) is 19.5 Å². The zero-order valence-corrected chi connectivity index (χ0v) is 22.5.